The predicted molar refractivity (Wildman–Crippen MR) is 95.7 cm³/mol. The van der Waals surface area contributed by atoms with Gasteiger partial charge in [-0.25, -0.2) is 0 Å². The van der Waals surface area contributed by atoms with Crippen LogP contribution in [0.2, 0.25) is 0 Å². The molecule has 0 amide bonds. The van der Waals surface area contributed by atoms with Gasteiger partial charge in [0.2, 0.25) is 0 Å². The molecule has 2 heterocycles. The number of hydrogen-bond donors (Lipinski definition) is 3. The number of guanidine groups is 1. The average molecular weight is 327 g/mol. The topological polar surface area (TPSA) is 59.9 Å². The van der Waals surface area contributed by atoms with Crippen molar-refractivity contribution in [3.05, 3.63) is 12.7 Å². The van der Waals surface area contributed by atoms with Crippen LogP contribution in [0.15, 0.2) is 17.6 Å². The maximum absolute atomic E-state index is 10.4. The lowest BCUT2D eigenvalue weighted by molar-refractivity contribution is 0.0778. The molecule has 0 spiro atoms. The third kappa shape index (κ3) is 5.48. The lowest BCUT2D eigenvalue weighted by Gasteiger charge is -2.32. The maximum atomic E-state index is 10.4. The Morgan fingerprint density at radius 1 is 1.50 bits per heavy atom. The molecule has 0 radical (unpaired) electrons. The van der Waals surface area contributed by atoms with Crippen molar-refractivity contribution in [2.45, 2.75) is 37.8 Å². The monoisotopic (exact) mass is 326 g/mol. The minimum Gasteiger partial charge on any atom is -0.387 e. The molecule has 2 rings (SSSR count). The molecule has 0 aromatic heterocycles. The van der Waals surface area contributed by atoms with Gasteiger partial charge in [0, 0.05) is 38.0 Å². The lowest BCUT2D eigenvalue weighted by atomic mass is 10.0. The Morgan fingerprint density at radius 3 is 2.86 bits per heavy atom. The summed E-state index contributed by atoms with van der Waals surface area (Å²) in [5, 5.41) is 17.2. The Labute approximate surface area is 138 Å². The molecule has 126 valence electrons. The van der Waals surface area contributed by atoms with Gasteiger partial charge in [-0.2, -0.15) is 11.8 Å². The SMILES string of the molecule is C=CCN1CCC(NC(=NCC2(O)CCSC2)NCC)CC1. The van der Waals surface area contributed by atoms with Crippen molar-refractivity contribution >= 4 is 17.7 Å². The summed E-state index contributed by atoms with van der Waals surface area (Å²) in [4.78, 5) is 7.04. The summed E-state index contributed by atoms with van der Waals surface area (Å²) in [5.74, 6) is 2.68. The highest BCUT2D eigenvalue weighted by Gasteiger charge is 2.31. The van der Waals surface area contributed by atoms with Gasteiger partial charge in [0.1, 0.15) is 0 Å². The van der Waals surface area contributed by atoms with Gasteiger partial charge in [0.25, 0.3) is 0 Å². The van der Waals surface area contributed by atoms with E-state index in [-0.39, 0.29) is 0 Å². The highest BCUT2D eigenvalue weighted by Crippen LogP contribution is 2.27. The molecule has 1 atom stereocenters. The molecule has 1 unspecified atom stereocenters. The first kappa shape index (κ1) is 17.6. The summed E-state index contributed by atoms with van der Waals surface area (Å²) in [6, 6.07) is 0.464. The number of nitrogens with one attached hydrogen (secondary N) is 2. The number of thioether (sulfide) groups is 1. The fourth-order valence-electron chi connectivity index (χ4n) is 2.90. The Morgan fingerprint density at radius 2 is 2.27 bits per heavy atom. The molecule has 2 saturated heterocycles. The largest absolute Gasteiger partial charge is 0.387 e. The van der Waals surface area contributed by atoms with Crippen molar-refractivity contribution in [1.82, 2.24) is 15.5 Å². The quantitative estimate of drug-likeness (QED) is 0.387. The zero-order valence-corrected chi connectivity index (χ0v) is 14.5. The van der Waals surface area contributed by atoms with E-state index >= 15 is 0 Å². The molecular formula is C16H30N4OS. The molecule has 22 heavy (non-hydrogen) atoms. The molecular weight excluding hydrogens is 296 g/mol. The third-order valence-electron chi connectivity index (χ3n) is 4.27. The molecule has 6 heteroatoms. The molecule has 0 saturated carbocycles. The second-order valence-corrected chi connectivity index (χ2v) is 7.34. The second kappa shape index (κ2) is 8.79. The van der Waals surface area contributed by atoms with Gasteiger partial charge in [0.05, 0.1) is 12.1 Å². The van der Waals surface area contributed by atoms with Crippen molar-refractivity contribution in [3.63, 3.8) is 0 Å². The third-order valence-corrected chi connectivity index (χ3v) is 5.51. The Bertz CT molecular complexity index is 374. The van der Waals surface area contributed by atoms with Crippen LogP contribution < -0.4 is 10.6 Å². The zero-order chi connectivity index (χ0) is 15.8. The highest BCUT2D eigenvalue weighted by molar-refractivity contribution is 7.99. The average Bonchev–Trinajstić information content (AvgIpc) is 2.95. The molecule has 3 N–H and O–H groups in total. The summed E-state index contributed by atoms with van der Waals surface area (Å²) in [6.45, 7) is 10.4. The Hall–Kier alpha value is -0.720. The molecule has 0 bridgehead atoms. The van der Waals surface area contributed by atoms with Gasteiger partial charge in [-0.05, 0) is 31.9 Å². The molecule has 2 aliphatic heterocycles. The van der Waals surface area contributed by atoms with E-state index in [1.165, 1.54) is 0 Å². The van der Waals surface area contributed by atoms with Crippen LogP contribution in [0.1, 0.15) is 26.2 Å². The van der Waals surface area contributed by atoms with E-state index in [4.69, 9.17) is 0 Å². The van der Waals surface area contributed by atoms with E-state index in [9.17, 15) is 5.11 Å². The normalized spacial score (nSPS) is 27.8. The lowest BCUT2D eigenvalue weighted by Crippen LogP contribution is -2.49. The van der Waals surface area contributed by atoms with Gasteiger partial charge >= 0.3 is 0 Å². The van der Waals surface area contributed by atoms with E-state index in [0.29, 0.717) is 12.6 Å². The number of nitrogens with zero attached hydrogens (tertiary/aromatic N) is 2. The summed E-state index contributed by atoms with van der Waals surface area (Å²) in [6.07, 6.45) is 5.07. The van der Waals surface area contributed by atoms with Crippen LogP contribution in [0, 0.1) is 0 Å². The van der Waals surface area contributed by atoms with Crippen molar-refractivity contribution in [2.24, 2.45) is 4.99 Å². The van der Waals surface area contributed by atoms with Gasteiger partial charge in [-0.1, -0.05) is 6.08 Å². The number of hydrogen-bond acceptors (Lipinski definition) is 4. The minimum absolute atomic E-state index is 0.464. The first-order valence-electron chi connectivity index (χ1n) is 8.33. The van der Waals surface area contributed by atoms with Crippen LogP contribution in [0.3, 0.4) is 0 Å². The predicted octanol–water partition coefficient (Wildman–Crippen LogP) is 1.06. The van der Waals surface area contributed by atoms with Gasteiger partial charge < -0.3 is 15.7 Å². The van der Waals surface area contributed by atoms with Crippen LogP contribution in [-0.4, -0.2) is 71.8 Å². The summed E-state index contributed by atoms with van der Waals surface area (Å²) in [7, 11) is 0. The number of aliphatic imine (C=N–C) groups is 1. The number of likely N-dealkylation sites (tertiary alicyclic amines) is 1. The van der Waals surface area contributed by atoms with E-state index in [1.807, 2.05) is 17.8 Å². The summed E-state index contributed by atoms with van der Waals surface area (Å²) < 4.78 is 0. The van der Waals surface area contributed by atoms with Crippen molar-refractivity contribution in [2.75, 3.05) is 44.2 Å². The highest BCUT2D eigenvalue weighted by atomic mass is 32.2. The second-order valence-electron chi connectivity index (χ2n) is 6.23. The number of aliphatic hydroxyl groups is 1. The summed E-state index contributed by atoms with van der Waals surface area (Å²) >= 11 is 1.81. The van der Waals surface area contributed by atoms with Crippen molar-refractivity contribution < 1.29 is 5.11 Å². The van der Waals surface area contributed by atoms with Crippen LogP contribution in [0.25, 0.3) is 0 Å². The molecule has 2 aliphatic rings. The summed E-state index contributed by atoms with van der Waals surface area (Å²) in [5.41, 5.74) is -0.611. The fourth-order valence-corrected chi connectivity index (χ4v) is 4.19. The molecule has 5 nitrogen and oxygen atoms in total. The smallest absolute Gasteiger partial charge is 0.191 e. The number of rotatable bonds is 6. The first-order valence-corrected chi connectivity index (χ1v) is 9.49. The van der Waals surface area contributed by atoms with E-state index < -0.39 is 5.60 Å². The Kier molecular flexibility index (Phi) is 7.05. The van der Waals surface area contributed by atoms with Gasteiger partial charge in [-0.15, -0.1) is 6.58 Å². The molecule has 2 fully saturated rings. The van der Waals surface area contributed by atoms with Crippen LogP contribution >= 0.6 is 11.8 Å². The van der Waals surface area contributed by atoms with E-state index in [1.54, 1.807) is 0 Å². The van der Waals surface area contributed by atoms with Crippen molar-refractivity contribution in [1.29, 1.82) is 0 Å². The van der Waals surface area contributed by atoms with Gasteiger partial charge in [-0.3, -0.25) is 9.89 Å². The van der Waals surface area contributed by atoms with E-state index in [2.05, 4.69) is 34.0 Å². The first-order chi connectivity index (χ1) is 10.6. The maximum Gasteiger partial charge on any atom is 0.191 e. The van der Waals surface area contributed by atoms with Crippen LogP contribution in [0.5, 0.6) is 0 Å². The number of piperidine rings is 1. The molecule has 0 aromatic carbocycles. The Balaban J connectivity index is 1.82. The van der Waals surface area contributed by atoms with Gasteiger partial charge in [0.15, 0.2) is 5.96 Å². The molecule has 0 aliphatic carbocycles. The van der Waals surface area contributed by atoms with Crippen LogP contribution in [0.4, 0.5) is 0 Å². The van der Waals surface area contributed by atoms with Crippen molar-refractivity contribution in [3.8, 4) is 0 Å². The fraction of sp³-hybridized carbons (Fsp3) is 0.812. The zero-order valence-electron chi connectivity index (χ0n) is 13.7. The van der Waals surface area contributed by atoms with Crippen LogP contribution in [-0.2, 0) is 0 Å². The van der Waals surface area contributed by atoms with E-state index in [0.717, 1.165) is 62.9 Å². The minimum atomic E-state index is -0.611. The molecule has 0 aromatic rings. The standard InChI is InChI=1S/C16H30N4OS/c1-3-8-20-9-5-14(6-10-20)19-15(17-4-2)18-12-16(21)7-11-22-13-16/h3,14,21H,1,4-13H2,2H3,(H2,17,18,19).